The van der Waals surface area contributed by atoms with E-state index >= 15 is 0 Å². The van der Waals surface area contributed by atoms with Gasteiger partial charge in [-0.25, -0.2) is 0 Å². The van der Waals surface area contributed by atoms with Gasteiger partial charge in [-0.15, -0.1) is 6.42 Å². The van der Waals surface area contributed by atoms with Gasteiger partial charge in [0.15, 0.2) is 0 Å². The molecule has 0 spiro atoms. The lowest BCUT2D eigenvalue weighted by Gasteiger charge is -2.35. The lowest BCUT2D eigenvalue weighted by atomic mass is 9.81. The number of unbranched alkanes of at least 4 members (excludes halogenated alkanes) is 1. The lowest BCUT2D eigenvalue weighted by Crippen LogP contribution is -2.37. The molecule has 0 N–H and O–H groups in total. The molecule has 0 aromatic carbocycles. The highest BCUT2D eigenvalue weighted by Gasteiger charge is 2.31. The van der Waals surface area contributed by atoms with Crippen LogP contribution in [0, 0.1) is 17.8 Å². The quantitative estimate of drug-likeness (QED) is 0.623. The average molecular weight is 210 g/mol. The van der Waals surface area contributed by atoms with E-state index in [4.69, 9.17) is 11.2 Å². The van der Waals surface area contributed by atoms with Crippen LogP contribution in [0.3, 0.4) is 0 Å². The Morgan fingerprint density at radius 2 is 1.73 bits per heavy atom. The van der Waals surface area contributed by atoms with Crippen molar-refractivity contribution in [3.05, 3.63) is 0 Å². The summed E-state index contributed by atoms with van der Waals surface area (Å²) in [6, 6.07) is 0. The normalized spacial score (nSPS) is 14.7. The highest BCUT2D eigenvalue weighted by Crippen LogP contribution is 2.31. The predicted molar refractivity (Wildman–Crippen MR) is 66.8 cm³/mol. The molecule has 0 unspecified atom stereocenters. The zero-order valence-corrected chi connectivity index (χ0v) is 11.2. The molecular formula is C14H26O. The molecule has 1 atom stereocenters. The molecule has 0 aliphatic carbocycles. The van der Waals surface area contributed by atoms with E-state index in [-0.39, 0.29) is 17.1 Å². The Labute approximate surface area is 95.6 Å². The molecule has 0 radical (unpaired) electrons. The average Bonchev–Trinajstić information content (AvgIpc) is 2.09. The summed E-state index contributed by atoms with van der Waals surface area (Å²) in [5.41, 5.74) is -0.0986. The molecule has 0 heterocycles. The summed E-state index contributed by atoms with van der Waals surface area (Å²) in [7, 11) is 0. The predicted octanol–water partition coefficient (Wildman–Crippen LogP) is 4.02. The van der Waals surface area contributed by atoms with E-state index in [0.29, 0.717) is 0 Å². The first kappa shape index (κ1) is 14.5. The topological polar surface area (TPSA) is 9.23 Å². The number of ether oxygens (including phenoxy) is 1. The van der Waals surface area contributed by atoms with Gasteiger partial charge < -0.3 is 4.74 Å². The molecule has 0 amide bonds. The van der Waals surface area contributed by atoms with Crippen molar-refractivity contribution in [2.75, 3.05) is 0 Å². The molecule has 0 aliphatic rings. The van der Waals surface area contributed by atoms with E-state index in [2.05, 4.69) is 26.7 Å². The van der Waals surface area contributed by atoms with Crippen molar-refractivity contribution in [2.24, 2.45) is 5.41 Å². The first-order valence-electron chi connectivity index (χ1n) is 5.87. The van der Waals surface area contributed by atoms with E-state index in [1.807, 2.05) is 20.8 Å². The maximum atomic E-state index is 5.91. The molecule has 1 heteroatoms. The number of hydrogen-bond donors (Lipinski definition) is 0. The number of rotatable bonds is 5. The standard InChI is InChI=1S/C14H26O/c1-8-10-11-14(6,7)12(9-2)15-13(3,4)5/h2,12H,8,10-11H2,1,3-7H3/t12-/m0/s1. The third-order valence-electron chi connectivity index (χ3n) is 2.51. The van der Waals surface area contributed by atoms with Gasteiger partial charge in [0.2, 0.25) is 0 Å². The van der Waals surface area contributed by atoms with Crippen LogP contribution in [0.25, 0.3) is 0 Å². The van der Waals surface area contributed by atoms with Gasteiger partial charge in [0.1, 0.15) is 6.10 Å². The van der Waals surface area contributed by atoms with Gasteiger partial charge in [-0.05, 0) is 27.2 Å². The molecule has 15 heavy (non-hydrogen) atoms. The van der Waals surface area contributed by atoms with Crippen molar-refractivity contribution in [1.82, 2.24) is 0 Å². The second-order valence-electron chi connectivity index (χ2n) is 5.87. The van der Waals surface area contributed by atoms with Crippen LogP contribution in [0.2, 0.25) is 0 Å². The second kappa shape index (κ2) is 5.56. The van der Waals surface area contributed by atoms with Gasteiger partial charge in [-0.2, -0.15) is 0 Å². The van der Waals surface area contributed by atoms with E-state index in [0.717, 1.165) is 6.42 Å². The SMILES string of the molecule is C#C[C@H](OC(C)(C)C)C(C)(C)CCCC. The summed E-state index contributed by atoms with van der Waals surface area (Å²) >= 11 is 0. The molecule has 0 fully saturated rings. The van der Waals surface area contributed by atoms with Gasteiger partial charge in [-0.1, -0.05) is 39.5 Å². The van der Waals surface area contributed by atoms with Crippen molar-refractivity contribution in [2.45, 2.75) is 72.5 Å². The van der Waals surface area contributed by atoms with Gasteiger partial charge in [0.25, 0.3) is 0 Å². The summed E-state index contributed by atoms with van der Waals surface area (Å²) in [5, 5.41) is 0. The Morgan fingerprint density at radius 3 is 2.07 bits per heavy atom. The van der Waals surface area contributed by atoms with Crippen molar-refractivity contribution in [3.8, 4) is 12.3 Å². The minimum Gasteiger partial charge on any atom is -0.359 e. The molecule has 0 aromatic rings. The van der Waals surface area contributed by atoms with Gasteiger partial charge >= 0.3 is 0 Å². The summed E-state index contributed by atoms with van der Waals surface area (Å²) < 4.78 is 5.91. The van der Waals surface area contributed by atoms with Gasteiger partial charge in [-0.3, -0.25) is 0 Å². The van der Waals surface area contributed by atoms with Crippen LogP contribution in [0.15, 0.2) is 0 Å². The Hall–Kier alpha value is -0.480. The van der Waals surface area contributed by atoms with Crippen LogP contribution in [-0.4, -0.2) is 11.7 Å². The van der Waals surface area contributed by atoms with E-state index in [1.165, 1.54) is 12.8 Å². The van der Waals surface area contributed by atoms with Crippen molar-refractivity contribution >= 4 is 0 Å². The van der Waals surface area contributed by atoms with Crippen molar-refractivity contribution in [3.63, 3.8) is 0 Å². The molecule has 1 nitrogen and oxygen atoms in total. The minimum atomic E-state index is -0.166. The molecule has 0 aromatic heterocycles. The smallest absolute Gasteiger partial charge is 0.123 e. The molecule has 0 rings (SSSR count). The van der Waals surface area contributed by atoms with Gasteiger partial charge in [0, 0.05) is 5.41 Å². The number of terminal acetylenes is 1. The van der Waals surface area contributed by atoms with Crippen LogP contribution in [0.4, 0.5) is 0 Å². The minimum absolute atomic E-state index is 0.0675. The first-order valence-corrected chi connectivity index (χ1v) is 5.87. The second-order valence-corrected chi connectivity index (χ2v) is 5.87. The fraction of sp³-hybridized carbons (Fsp3) is 0.857. The van der Waals surface area contributed by atoms with Crippen molar-refractivity contribution in [1.29, 1.82) is 0 Å². The molecular weight excluding hydrogens is 184 g/mol. The van der Waals surface area contributed by atoms with Crippen molar-refractivity contribution < 1.29 is 4.74 Å². The van der Waals surface area contributed by atoms with E-state index in [9.17, 15) is 0 Å². The Morgan fingerprint density at radius 1 is 1.20 bits per heavy atom. The zero-order chi connectivity index (χ0) is 12.1. The molecule has 0 aliphatic heterocycles. The summed E-state index contributed by atoms with van der Waals surface area (Å²) in [4.78, 5) is 0. The maximum Gasteiger partial charge on any atom is 0.123 e. The Bertz CT molecular complexity index is 214. The summed E-state index contributed by atoms with van der Waals surface area (Å²) in [5.74, 6) is 2.79. The fourth-order valence-corrected chi connectivity index (χ4v) is 1.54. The van der Waals surface area contributed by atoms with Crippen LogP contribution in [0.5, 0.6) is 0 Å². The number of hydrogen-bond acceptors (Lipinski definition) is 1. The van der Waals surface area contributed by atoms with Crippen LogP contribution < -0.4 is 0 Å². The molecule has 0 saturated heterocycles. The molecule has 0 saturated carbocycles. The summed E-state index contributed by atoms with van der Waals surface area (Å²) in [6.45, 7) is 12.7. The lowest BCUT2D eigenvalue weighted by molar-refractivity contribution is -0.0826. The maximum absolute atomic E-state index is 5.91. The molecule has 88 valence electrons. The van der Waals surface area contributed by atoms with Crippen LogP contribution >= 0.6 is 0 Å². The Balaban J connectivity index is 4.46. The largest absolute Gasteiger partial charge is 0.359 e. The molecule has 0 bridgehead atoms. The van der Waals surface area contributed by atoms with Crippen LogP contribution in [0.1, 0.15) is 60.8 Å². The van der Waals surface area contributed by atoms with Gasteiger partial charge in [0.05, 0.1) is 5.60 Å². The summed E-state index contributed by atoms with van der Waals surface area (Å²) in [6.07, 6.45) is 9.00. The Kier molecular flexibility index (Phi) is 5.38. The first-order chi connectivity index (χ1) is 6.73. The zero-order valence-electron chi connectivity index (χ0n) is 11.2. The highest BCUT2D eigenvalue weighted by atomic mass is 16.5. The highest BCUT2D eigenvalue weighted by molar-refractivity contribution is 5.03. The third kappa shape index (κ3) is 5.85. The van der Waals surface area contributed by atoms with E-state index in [1.54, 1.807) is 0 Å². The monoisotopic (exact) mass is 210 g/mol. The fourth-order valence-electron chi connectivity index (χ4n) is 1.54. The third-order valence-corrected chi connectivity index (χ3v) is 2.51. The van der Waals surface area contributed by atoms with Crippen LogP contribution in [-0.2, 0) is 4.74 Å². The van der Waals surface area contributed by atoms with E-state index < -0.39 is 0 Å².